The third kappa shape index (κ3) is 3.61. The van der Waals surface area contributed by atoms with Gasteiger partial charge < -0.3 is 10.0 Å². The van der Waals surface area contributed by atoms with Crippen LogP contribution in [0.2, 0.25) is 5.02 Å². The monoisotopic (exact) mass is 297 g/mol. The number of hydrogen-bond acceptors (Lipinski definition) is 4. The Kier molecular flexibility index (Phi) is 4.83. The molecule has 0 radical (unpaired) electrons. The van der Waals surface area contributed by atoms with Crippen molar-refractivity contribution in [3.8, 4) is 0 Å². The molecule has 2 heterocycles. The van der Waals surface area contributed by atoms with Crippen LogP contribution in [-0.4, -0.2) is 53.7 Å². The number of aromatic nitrogens is 1. The Balaban J connectivity index is 2.03. The van der Waals surface area contributed by atoms with Crippen molar-refractivity contribution in [3.63, 3.8) is 0 Å². The molecule has 6 heteroatoms. The van der Waals surface area contributed by atoms with Gasteiger partial charge >= 0.3 is 5.97 Å². The molecule has 2 rings (SSSR count). The van der Waals surface area contributed by atoms with Gasteiger partial charge in [-0.15, -0.1) is 0 Å². The number of carboxylic acid groups (broad SMARTS) is 1. The summed E-state index contributed by atoms with van der Waals surface area (Å²) in [6.07, 6.45) is 1.42. The van der Waals surface area contributed by atoms with Gasteiger partial charge in [0.05, 0.1) is 10.6 Å². The summed E-state index contributed by atoms with van der Waals surface area (Å²) < 4.78 is 0. The molecule has 20 heavy (non-hydrogen) atoms. The van der Waals surface area contributed by atoms with Crippen LogP contribution in [-0.2, 0) is 0 Å². The zero-order valence-electron chi connectivity index (χ0n) is 11.8. The fourth-order valence-corrected chi connectivity index (χ4v) is 2.62. The SMILES string of the molecule is CC(C)CN1CCN(c2cc(C(=O)O)c(Cl)cn2)CC1. The van der Waals surface area contributed by atoms with E-state index in [9.17, 15) is 4.79 Å². The Morgan fingerprint density at radius 1 is 1.40 bits per heavy atom. The van der Waals surface area contributed by atoms with Gasteiger partial charge in [-0.05, 0) is 12.0 Å². The van der Waals surface area contributed by atoms with Crippen molar-refractivity contribution in [3.05, 3.63) is 22.8 Å². The van der Waals surface area contributed by atoms with Gasteiger partial charge in [-0.3, -0.25) is 4.90 Å². The normalized spacial score (nSPS) is 16.7. The maximum absolute atomic E-state index is 11.1. The Hall–Kier alpha value is -1.33. The van der Waals surface area contributed by atoms with E-state index in [2.05, 4.69) is 28.6 Å². The Bertz CT molecular complexity index is 485. The smallest absolute Gasteiger partial charge is 0.337 e. The van der Waals surface area contributed by atoms with Crippen LogP contribution in [0.25, 0.3) is 0 Å². The average Bonchev–Trinajstić information content (AvgIpc) is 2.39. The lowest BCUT2D eigenvalue weighted by Gasteiger charge is -2.36. The lowest BCUT2D eigenvalue weighted by molar-refractivity contribution is 0.0697. The minimum atomic E-state index is -1.02. The second-order valence-electron chi connectivity index (χ2n) is 5.51. The highest BCUT2D eigenvalue weighted by Crippen LogP contribution is 2.21. The van der Waals surface area contributed by atoms with E-state index in [-0.39, 0.29) is 10.6 Å². The van der Waals surface area contributed by atoms with Crippen molar-refractivity contribution in [2.75, 3.05) is 37.6 Å². The number of piperazine rings is 1. The highest BCUT2D eigenvalue weighted by Gasteiger charge is 2.20. The molecule has 0 aromatic carbocycles. The first kappa shape index (κ1) is 15.1. The molecular weight excluding hydrogens is 278 g/mol. The molecule has 0 saturated carbocycles. The van der Waals surface area contributed by atoms with Crippen molar-refractivity contribution in [2.24, 2.45) is 5.92 Å². The number of nitrogens with zero attached hydrogens (tertiary/aromatic N) is 3. The van der Waals surface area contributed by atoms with Gasteiger partial charge in [0.25, 0.3) is 0 Å². The Morgan fingerprint density at radius 2 is 2.05 bits per heavy atom. The zero-order valence-corrected chi connectivity index (χ0v) is 12.6. The summed E-state index contributed by atoms with van der Waals surface area (Å²) in [5.41, 5.74) is 0.112. The van der Waals surface area contributed by atoms with E-state index in [0.29, 0.717) is 11.7 Å². The van der Waals surface area contributed by atoms with Crippen molar-refractivity contribution >= 4 is 23.4 Å². The van der Waals surface area contributed by atoms with E-state index in [4.69, 9.17) is 16.7 Å². The number of carboxylic acids is 1. The second kappa shape index (κ2) is 6.41. The summed E-state index contributed by atoms with van der Waals surface area (Å²) in [6, 6.07) is 1.56. The predicted octanol–water partition coefficient (Wildman–Crippen LogP) is 2.21. The standard InChI is InChI=1S/C14H20ClN3O2/c1-10(2)9-17-3-5-18(6-4-17)13-7-11(14(19)20)12(15)8-16-13/h7-8,10H,3-6,9H2,1-2H3,(H,19,20). The third-order valence-electron chi connectivity index (χ3n) is 3.39. The summed E-state index contributed by atoms with van der Waals surface area (Å²) in [5, 5.41) is 9.27. The van der Waals surface area contributed by atoms with Gasteiger partial charge in [-0.25, -0.2) is 9.78 Å². The van der Waals surface area contributed by atoms with Crippen molar-refractivity contribution < 1.29 is 9.90 Å². The lowest BCUT2D eigenvalue weighted by atomic mass is 10.2. The predicted molar refractivity (Wildman–Crippen MR) is 79.7 cm³/mol. The van der Waals surface area contributed by atoms with Crippen LogP contribution in [0.3, 0.4) is 0 Å². The average molecular weight is 298 g/mol. The number of rotatable bonds is 4. The molecule has 0 spiro atoms. The number of anilines is 1. The minimum Gasteiger partial charge on any atom is -0.478 e. The van der Waals surface area contributed by atoms with Gasteiger partial charge in [-0.1, -0.05) is 25.4 Å². The third-order valence-corrected chi connectivity index (χ3v) is 3.69. The first-order valence-corrected chi connectivity index (χ1v) is 7.21. The first-order valence-electron chi connectivity index (χ1n) is 6.83. The van der Waals surface area contributed by atoms with Gasteiger partial charge in [0, 0.05) is 38.9 Å². The molecule has 1 N–H and O–H groups in total. The highest BCUT2D eigenvalue weighted by atomic mass is 35.5. The van der Waals surface area contributed by atoms with Gasteiger partial charge in [-0.2, -0.15) is 0 Å². The Morgan fingerprint density at radius 3 is 2.60 bits per heavy atom. The van der Waals surface area contributed by atoms with Gasteiger partial charge in [0.1, 0.15) is 5.82 Å². The molecule has 0 atom stereocenters. The summed E-state index contributed by atoms with van der Waals surface area (Å²) >= 11 is 5.84. The van der Waals surface area contributed by atoms with Crippen molar-refractivity contribution in [1.82, 2.24) is 9.88 Å². The largest absolute Gasteiger partial charge is 0.478 e. The summed E-state index contributed by atoms with van der Waals surface area (Å²) in [4.78, 5) is 19.9. The van der Waals surface area contributed by atoms with Crippen LogP contribution >= 0.6 is 11.6 Å². The Labute approximate surface area is 124 Å². The maximum Gasteiger partial charge on any atom is 0.337 e. The fourth-order valence-electron chi connectivity index (χ4n) is 2.44. The molecule has 5 nitrogen and oxygen atoms in total. The van der Waals surface area contributed by atoms with Gasteiger partial charge in [0.2, 0.25) is 0 Å². The number of aromatic carboxylic acids is 1. The summed E-state index contributed by atoms with van der Waals surface area (Å²) in [7, 11) is 0. The van der Waals surface area contributed by atoms with E-state index in [0.717, 1.165) is 32.7 Å². The molecule has 110 valence electrons. The van der Waals surface area contributed by atoms with Crippen LogP contribution < -0.4 is 4.90 Å². The van der Waals surface area contributed by atoms with Crippen LogP contribution in [0, 0.1) is 5.92 Å². The molecule has 0 amide bonds. The number of halogens is 1. The topological polar surface area (TPSA) is 56.7 Å². The van der Waals surface area contributed by atoms with Crippen LogP contribution in [0.15, 0.2) is 12.3 Å². The van der Waals surface area contributed by atoms with E-state index >= 15 is 0 Å². The van der Waals surface area contributed by atoms with E-state index < -0.39 is 5.97 Å². The van der Waals surface area contributed by atoms with E-state index in [1.807, 2.05) is 0 Å². The molecule has 0 aliphatic carbocycles. The first-order chi connectivity index (χ1) is 9.47. The lowest BCUT2D eigenvalue weighted by Crippen LogP contribution is -2.47. The van der Waals surface area contributed by atoms with E-state index in [1.54, 1.807) is 6.07 Å². The molecule has 0 unspecified atom stereocenters. The molecule has 1 aliphatic heterocycles. The molecule has 1 fully saturated rings. The molecule has 1 aliphatic rings. The second-order valence-corrected chi connectivity index (χ2v) is 5.92. The minimum absolute atomic E-state index is 0.112. The van der Waals surface area contributed by atoms with Crippen LogP contribution in [0.5, 0.6) is 0 Å². The number of hydrogen-bond donors (Lipinski definition) is 1. The molecule has 1 saturated heterocycles. The maximum atomic E-state index is 11.1. The zero-order chi connectivity index (χ0) is 14.7. The fraction of sp³-hybridized carbons (Fsp3) is 0.571. The van der Waals surface area contributed by atoms with Gasteiger partial charge in [0.15, 0.2) is 0 Å². The number of carbonyl (C=O) groups is 1. The number of pyridine rings is 1. The summed E-state index contributed by atoms with van der Waals surface area (Å²) in [5.74, 6) is 0.335. The highest BCUT2D eigenvalue weighted by molar-refractivity contribution is 6.33. The van der Waals surface area contributed by atoms with E-state index in [1.165, 1.54) is 6.20 Å². The van der Waals surface area contributed by atoms with Crippen LogP contribution in [0.1, 0.15) is 24.2 Å². The van der Waals surface area contributed by atoms with Crippen LogP contribution in [0.4, 0.5) is 5.82 Å². The van der Waals surface area contributed by atoms with Crippen molar-refractivity contribution in [2.45, 2.75) is 13.8 Å². The quantitative estimate of drug-likeness (QED) is 0.923. The molecular formula is C14H20ClN3O2. The van der Waals surface area contributed by atoms with Crippen molar-refractivity contribution in [1.29, 1.82) is 0 Å². The summed E-state index contributed by atoms with van der Waals surface area (Å²) in [6.45, 7) is 9.21. The molecule has 1 aromatic rings. The molecule has 0 bridgehead atoms. The molecule has 1 aromatic heterocycles.